The minimum Gasteiger partial charge on any atom is -0.521 e. The summed E-state index contributed by atoms with van der Waals surface area (Å²) in [6, 6.07) is 13.8. The van der Waals surface area contributed by atoms with Crippen LogP contribution in [-0.2, 0) is 82.5 Å². The van der Waals surface area contributed by atoms with Gasteiger partial charge in [0, 0.05) is 37.2 Å². The van der Waals surface area contributed by atoms with E-state index in [4.69, 9.17) is 0 Å². The summed E-state index contributed by atoms with van der Waals surface area (Å²) < 4.78 is 0. The molecular weight excluding hydrogens is 1350 g/mol. The minimum atomic E-state index is 0. The van der Waals surface area contributed by atoms with Crippen molar-refractivity contribution in [1.29, 1.82) is 0 Å². The SMILES string of the molecule is C[CH-]C.II.[CH-]=C.[CH2-]CCCc1cc(C)c(C)c(C)c1.[CH2-]CCCc1cc(C)c(C)c(C)c1.[CH2-]CCCc1cc(C)c(C)c(C)c1.[CH3-].[W+2].[W+2].[W+2]. The van der Waals surface area contributed by atoms with E-state index in [-0.39, 0.29) is 70.6 Å². The van der Waals surface area contributed by atoms with Crippen LogP contribution < -0.4 is 0 Å². The maximum absolute atomic E-state index is 4.25. The van der Waals surface area contributed by atoms with E-state index < -0.39 is 0 Å². The Bertz CT molecular complexity index is 990. The second-order valence-corrected chi connectivity index (χ2v) is 12.0. The van der Waals surface area contributed by atoms with Crippen molar-refractivity contribution in [1.82, 2.24) is 0 Å². The van der Waals surface area contributed by atoms with Gasteiger partial charge in [-0.05, 0) is 148 Å². The summed E-state index contributed by atoms with van der Waals surface area (Å²) in [4.78, 5) is 0. The van der Waals surface area contributed by atoms with E-state index in [0.29, 0.717) is 0 Å². The molecule has 0 nitrogen and oxygen atoms in total. The van der Waals surface area contributed by atoms with Crippen LogP contribution in [0.4, 0.5) is 0 Å². The molecule has 0 aliphatic rings. The third-order valence-electron chi connectivity index (χ3n) is 8.11. The first-order valence-electron chi connectivity index (χ1n) is 16.7. The first-order valence-corrected chi connectivity index (χ1v) is 23.0. The largest absolute Gasteiger partial charge is 2.00 e. The van der Waals surface area contributed by atoms with Crippen LogP contribution >= 0.6 is 37.2 Å². The summed E-state index contributed by atoms with van der Waals surface area (Å²) in [6.07, 6.45) is 12.2. The van der Waals surface area contributed by atoms with E-state index in [2.05, 4.69) is 170 Å². The van der Waals surface area contributed by atoms with Crippen molar-refractivity contribution in [2.24, 2.45) is 0 Å². The molecule has 0 aliphatic carbocycles. The Hall–Kier alpha value is 0.925. The molecule has 0 spiro atoms. The number of halogens is 2. The molecule has 5 heteroatoms. The molecule has 0 heterocycles. The third kappa shape index (κ3) is 30.3. The smallest absolute Gasteiger partial charge is 0.521 e. The van der Waals surface area contributed by atoms with Gasteiger partial charge in [0.25, 0.3) is 0 Å². The molecule has 50 heavy (non-hydrogen) atoms. The van der Waals surface area contributed by atoms with Crippen molar-refractivity contribution in [2.45, 2.75) is 134 Å². The molecule has 0 radical (unpaired) electrons. The topological polar surface area (TPSA) is 0 Å². The van der Waals surface area contributed by atoms with Gasteiger partial charge in [-0.3, -0.25) is 6.58 Å². The zero-order valence-electron chi connectivity index (χ0n) is 33.8. The number of unbranched alkanes of at least 4 members (excludes halogenated alkanes) is 3. The maximum Gasteiger partial charge on any atom is 2.00 e. The Balaban J connectivity index is -0.0000000979. The van der Waals surface area contributed by atoms with Crippen LogP contribution in [0.1, 0.15) is 119 Å². The first-order chi connectivity index (χ1) is 21.9. The molecule has 0 unspecified atom stereocenters. The maximum atomic E-state index is 4.25. The summed E-state index contributed by atoms with van der Waals surface area (Å²) in [5.74, 6) is 0. The summed E-state index contributed by atoms with van der Waals surface area (Å²) >= 11 is 4.24. The van der Waals surface area contributed by atoms with Gasteiger partial charge in [-0.1, -0.05) is 55.7 Å². The average Bonchev–Trinajstić information content (AvgIpc) is 3.04. The average molecular weight is 1420 g/mol. The van der Waals surface area contributed by atoms with Gasteiger partial charge in [-0.15, -0.1) is 0 Å². The van der Waals surface area contributed by atoms with E-state index in [0.717, 1.165) is 19.3 Å². The molecule has 0 amide bonds. The predicted octanol–water partition coefficient (Wildman–Crippen LogP) is 15.4. The fourth-order valence-corrected chi connectivity index (χ4v) is 4.80. The Morgan fingerprint density at radius 2 is 0.620 bits per heavy atom. The predicted molar refractivity (Wildman–Crippen MR) is 237 cm³/mol. The van der Waals surface area contributed by atoms with Crippen molar-refractivity contribution in [2.75, 3.05) is 0 Å². The molecule has 0 aromatic heterocycles. The van der Waals surface area contributed by atoms with Gasteiger partial charge in [-0.2, -0.15) is 33.1 Å². The number of aryl methyl sites for hydroxylation is 9. The molecule has 282 valence electrons. The molecular formula is C45H70I2W3. The fourth-order valence-electron chi connectivity index (χ4n) is 4.80. The number of benzene rings is 3. The Morgan fingerprint density at radius 3 is 0.740 bits per heavy atom. The van der Waals surface area contributed by atoms with Gasteiger partial charge in [0.2, 0.25) is 0 Å². The van der Waals surface area contributed by atoms with Crippen molar-refractivity contribution in [3.63, 3.8) is 0 Å². The standard InChI is InChI=1S/3C13H19.C3H7.C2H3.CH3.I2.3W/c3*1-5-6-7-13-8-10(2)12(4)11(3)9-13;1-3-2;1-2;;1-2;;;/h3*8-9H,1,5-7H2,2-4H3;3H,1-2H3;1H,2H2;1H3;;;;/q6*-1;;3*+2. The van der Waals surface area contributed by atoms with Crippen LogP contribution in [0.15, 0.2) is 43.0 Å². The summed E-state index contributed by atoms with van der Waals surface area (Å²) in [6.45, 7) is 42.3. The zero-order valence-corrected chi connectivity index (χ0v) is 46.9. The Kier molecular flexibility index (Phi) is 56.1. The van der Waals surface area contributed by atoms with Crippen molar-refractivity contribution in [3.8, 4) is 0 Å². The van der Waals surface area contributed by atoms with Crippen LogP contribution in [-0.4, -0.2) is 0 Å². The molecule has 0 saturated heterocycles. The van der Waals surface area contributed by atoms with Crippen molar-refractivity contribution < 1.29 is 63.2 Å². The van der Waals surface area contributed by atoms with Crippen LogP contribution in [0.2, 0.25) is 0 Å². The van der Waals surface area contributed by atoms with E-state index in [1.165, 1.54) is 105 Å². The summed E-state index contributed by atoms with van der Waals surface area (Å²) in [5.41, 5.74) is 17.2. The first kappa shape index (κ1) is 65.8. The molecule has 0 N–H and O–H groups in total. The van der Waals surface area contributed by atoms with E-state index in [9.17, 15) is 0 Å². The number of rotatable bonds is 9. The van der Waals surface area contributed by atoms with Crippen molar-refractivity contribution >= 4 is 37.2 Å². The summed E-state index contributed by atoms with van der Waals surface area (Å²) in [7, 11) is 0. The van der Waals surface area contributed by atoms with E-state index >= 15 is 0 Å². The Morgan fingerprint density at radius 1 is 0.480 bits per heavy atom. The number of hydrogen-bond donors (Lipinski definition) is 0. The van der Waals surface area contributed by atoms with Crippen LogP contribution in [0.3, 0.4) is 0 Å². The molecule has 0 bridgehead atoms. The molecule has 0 fully saturated rings. The van der Waals surface area contributed by atoms with E-state index in [1.807, 2.05) is 20.3 Å². The van der Waals surface area contributed by atoms with Gasteiger partial charge in [0.15, 0.2) is 0 Å². The Labute approximate surface area is 380 Å². The van der Waals surface area contributed by atoms with Gasteiger partial charge in [0.1, 0.15) is 0 Å². The fraction of sp³-hybridized carbons (Fsp3) is 0.444. The zero-order chi connectivity index (χ0) is 36.2. The second-order valence-electron chi connectivity index (χ2n) is 12.0. The van der Waals surface area contributed by atoms with Gasteiger partial charge < -0.3 is 41.2 Å². The van der Waals surface area contributed by atoms with Crippen molar-refractivity contribution in [3.05, 3.63) is 151 Å². The second kappa shape index (κ2) is 42.7. The number of hydrogen-bond acceptors (Lipinski definition) is 0. The molecule has 3 rings (SSSR count). The molecule has 3 aromatic carbocycles. The monoisotopic (exact) mass is 1420 g/mol. The van der Waals surface area contributed by atoms with Crippen LogP contribution in [0.25, 0.3) is 0 Å². The van der Waals surface area contributed by atoms with Crippen LogP contribution in [0, 0.1) is 104 Å². The van der Waals surface area contributed by atoms with Gasteiger partial charge in [-0.25, -0.2) is 0 Å². The molecule has 0 atom stereocenters. The van der Waals surface area contributed by atoms with E-state index in [1.54, 1.807) is 0 Å². The molecule has 0 aliphatic heterocycles. The third-order valence-corrected chi connectivity index (χ3v) is 8.11. The van der Waals surface area contributed by atoms with Crippen LogP contribution in [0.5, 0.6) is 0 Å². The minimum absolute atomic E-state index is 0. The molecule has 3 aromatic rings. The summed E-state index contributed by atoms with van der Waals surface area (Å²) in [5, 5.41) is 0. The molecule has 0 saturated carbocycles. The normalized spacial score (nSPS) is 8.72. The van der Waals surface area contributed by atoms with Gasteiger partial charge >= 0.3 is 63.2 Å². The quantitative estimate of drug-likeness (QED) is 0.148. The van der Waals surface area contributed by atoms with Gasteiger partial charge in [0.05, 0.1) is 0 Å².